The molecular weight excluding hydrogens is 292 g/mol. The molecule has 2 fully saturated rings. The Morgan fingerprint density at radius 1 is 1.50 bits per heavy atom. The van der Waals surface area contributed by atoms with Crippen LogP contribution >= 0.6 is 0 Å². The highest BCUT2D eigenvalue weighted by molar-refractivity contribution is 6.62. The Morgan fingerprint density at radius 2 is 2.27 bits per heavy atom. The summed E-state index contributed by atoms with van der Waals surface area (Å²) in [6, 6.07) is 4.39. The summed E-state index contributed by atoms with van der Waals surface area (Å²) in [7, 11) is -0.750. The van der Waals surface area contributed by atoms with E-state index in [-0.39, 0.29) is 13.2 Å². The number of benzene rings is 1. The second-order valence-electron chi connectivity index (χ2n) is 6.03. The van der Waals surface area contributed by atoms with Crippen LogP contribution in [-0.2, 0) is 14.0 Å². The van der Waals surface area contributed by atoms with E-state index in [0.29, 0.717) is 17.8 Å². The third-order valence-corrected chi connectivity index (χ3v) is 3.64. The molecule has 2 aliphatic heterocycles. The van der Waals surface area contributed by atoms with Crippen molar-refractivity contribution in [3.63, 3.8) is 0 Å². The van der Waals surface area contributed by atoms with Gasteiger partial charge in [-0.1, -0.05) is 6.07 Å². The van der Waals surface area contributed by atoms with Crippen molar-refractivity contribution in [2.75, 3.05) is 24.7 Å². The van der Waals surface area contributed by atoms with Crippen molar-refractivity contribution in [1.29, 1.82) is 0 Å². The zero-order valence-corrected chi connectivity index (χ0v) is 12.4. The van der Waals surface area contributed by atoms with Gasteiger partial charge in [0.2, 0.25) is 0 Å². The van der Waals surface area contributed by atoms with E-state index in [4.69, 9.17) is 19.2 Å². The summed E-state index contributed by atoms with van der Waals surface area (Å²) < 4.78 is 30.4. The Balaban J connectivity index is 1.80. The van der Waals surface area contributed by atoms with Crippen LogP contribution in [0.4, 0.5) is 14.9 Å². The molecule has 6 nitrogen and oxygen atoms in total. The molecule has 1 aromatic rings. The number of anilines is 1. The molecule has 2 saturated heterocycles. The van der Waals surface area contributed by atoms with E-state index in [0.717, 1.165) is 0 Å². The van der Waals surface area contributed by atoms with Crippen molar-refractivity contribution < 1.29 is 28.3 Å². The topological polar surface area (TPSA) is 68.2 Å². The SMILES string of the molecule is CC1(C)COB(c2ccc(N3CC(CO)OC3=O)cc2F)O1. The van der Waals surface area contributed by atoms with Crippen molar-refractivity contribution in [3.8, 4) is 0 Å². The van der Waals surface area contributed by atoms with Crippen LogP contribution in [0.15, 0.2) is 18.2 Å². The molecule has 118 valence electrons. The lowest BCUT2D eigenvalue weighted by Crippen LogP contribution is -2.37. The Morgan fingerprint density at radius 3 is 2.82 bits per heavy atom. The molecule has 0 bridgehead atoms. The summed E-state index contributed by atoms with van der Waals surface area (Å²) in [6.45, 7) is 4.05. The number of rotatable bonds is 3. The maximum atomic E-state index is 14.3. The lowest BCUT2D eigenvalue weighted by molar-refractivity contribution is 0.0963. The first-order valence-electron chi connectivity index (χ1n) is 7.07. The predicted molar refractivity (Wildman–Crippen MR) is 77.6 cm³/mol. The van der Waals surface area contributed by atoms with Gasteiger partial charge in [0.05, 0.1) is 31.0 Å². The fraction of sp³-hybridized carbons (Fsp3) is 0.500. The van der Waals surface area contributed by atoms with Gasteiger partial charge in [0.15, 0.2) is 0 Å². The van der Waals surface area contributed by atoms with Gasteiger partial charge in [0.1, 0.15) is 11.9 Å². The number of nitrogens with zero attached hydrogens (tertiary/aromatic N) is 1. The Kier molecular flexibility index (Phi) is 3.84. The smallest absolute Gasteiger partial charge is 0.441 e. The van der Waals surface area contributed by atoms with E-state index in [1.54, 1.807) is 6.07 Å². The maximum Gasteiger partial charge on any atom is 0.497 e. The van der Waals surface area contributed by atoms with Crippen LogP contribution in [0.25, 0.3) is 0 Å². The number of cyclic esters (lactones) is 1. The fourth-order valence-electron chi connectivity index (χ4n) is 2.49. The van der Waals surface area contributed by atoms with Gasteiger partial charge >= 0.3 is 13.2 Å². The van der Waals surface area contributed by atoms with E-state index < -0.39 is 30.7 Å². The number of carbonyl (C=O) groups is 1. The van der Waals surface area contributed by atoms with Crippen LogP contribution in [0.2, 0.25) is 0 Å². The number of amides is 1. The van der Waals surface area contributed by atoms with Gasteiger partial charge in [-0.2, -0.15) is 0 Å². The average molecular weight is 309 g/mol. The van der Waals surface area contributed by atoms with Crippen LogP contribution in [-0.4, -0.2) is 49.8 Å². The Labute approximate surface area is 127 Å². The molecular formula is C14H17BFNO5. The zero-order chi connectivity index (χ0) is 15.9. The van der Waals surface area contributed by atoms with Gasteiger partial charge in [-0.05, 0) is 26.0 Å². The Hall–Kier alpha value is -1.64. The first kappa shape index (κ1) is 15.3. The minimum absolute atomic E-state index is 0.192. The number of aliphatic hydroxyl groups is 1. The molecule has 0 aliphatic carbocycles. The van der Waals surface area contributed by atoms with Crippen LogP contribution in [0.1, 0.15) is 13.8 Å². The van der Waals surface area contributed by atoms with Crippen LogP contribution in [0.3, 0.4) is 0 Å². The molecule has 0 radical (unpaired) electrons. The third kappa shape index (κ3) is 2.81. The zero-order valence-electron chi connectivity index (χ0n) is 12.4. The highest BCUT2D eigenvalue weighted by Gasteiger charge is 2.40. The molecule has 1 unspecified atom stereocenters. The molecule has 8 heteroatoms. The van der Waals surface area contributed by atoms with Crippen LogP contribution in [0, 0.1) is 5.82 Å². The Bertz CT molecular complexity index is 597. The van der Waals surface area contributed by atoms with Gasteiger partial charge in [-0.3, -0.25) is 4.90 Å². The first-order valence-corrected chi connectivity index (χ1v) is 7.07. The molecule has 0 aromatic heterocycles. The molecule has 1 N–H and O–H groups in total. The van der Waals surface area contributed by atoms with Crippen molar-refractivity contribution in [2.45, 2.75) is 25.6 Å². The third-order valence-electron chi connectivity index (χ3n) is 3.64. The van der Waals surface area contributed by atoms with Gasteiger partial charge in [-0.15, -0.1) is 0 Å². The molecule has 1 aromatic carbocycles. The molecule has 2 aliphatic rings. The monoisotopic (exact) mass is 309 g/mol. The number of aliphatic hydroxyl groups excluding tert-OH is 1. The summed E-state index contributed by atoms with van der Waals surface area (Å²) in [5, 5.41) is 9.03. The molecule has 1 amide bonds. The number of hydrogen-bond acceptors (Lipinski definition) is 5. The normalized spacial score (nSPS) is 24.0. The summed E-state index contributed by atoms with van der Waals surface area (Å²) >= 11 is 0. The maximum absolute atomic E-state index is 14.3. The lowest BCUT2D eigenvalue weighted by atomic mass is 9.78. The molecule has 3 rings (SSSR count). The van der Waals surface area contributed by atoms with Gasteiger partial charge in [-0.25, -0.2) is 9.18 Å². The molecule has 2 heterocycles. The minimum Gasteiger partial charge on any atom is -0.441 e. The summed E-state index contributed by atoms with van der Waals surface area (Å²) in [4.78, 5) is 13.0. The fourth-order valence-corrected chi connectivity index (χ4v) is 2.49. The van der Waals surface area contributed by atoms with Crippen molar-refractivity contribution in [2.24, 2.45) is 0 Å². The highest BCUT2D eigenvalue weighted by Crippen LogP contribution is 2.24. The van der Waals surface area contributed by atoms with E-state index in [2.05, 4.69) is 0 Å². The number of halogens is 1. The van der Waals surface area contributed by atoms with Crippen molar-refractivity contribution in [1.82, 2.24) is 0 Å². The molecule has 0 spiro atoms. The molecule has 1 atom stereocenters. The van der Waals surface area contributed by atoms with Crippen LogP contribution in [0.5, 0.6) is 0 Å². The standard InChI is InChI=1S/C14H17BFNO5/c1-14(2)8-20-15(22-14)11-4-3-9(5-12(11)16)17-6-10(7-18)21-13(17)19/h3-5,10,18H,6-8H2,1-2H3. The minimum atomic E-state index is -0.750. The average Bonchev–Trinajstić information content (AvgIpc) is 3.01. The summed E-state index contributed by atoms with van der Waals surface area (Å²) in [5.74, 6) is -0.513. The van der Waals surface area contributed by atoms with Crippen LogP contribution < -0.4 is 10.4 Å². The van der Waals surface area contributed by atoms with Crippen molar-refractivity contribution >= 4 is 24.4 Å². The number of hydrogen-bond donors (Lipinski definition) is 1. The summed E-state index contributed by atoms with van der Waals surface area (Å²) in [5.41, 5.74) is 0.211. The molecule has 22 heavy (non-hydrogen) atoms. The first-order chi connectivity index (χ1) is 10.4. The predicted octanol–water partition coefficient (Wildman–Crippen LogP) is 0.664. The largest absolute Gasteiger partial charge is 0.497 e. The van der Waals surface area contributed by atoms with E-state index in [1.807, 2.05) is 13.8 Å². The van der Waals surface area contributed by atoms with E-state index >= 15 is 0 Å². The number of carbonyl (C=O) groups excluding carboxylic acids is 1. The van der Waals surface area contributed by atoms with Gasteiger partial charge < -0.3 is 19.2 Å². The van der Waals surface area contributed by atoms with Gasteiger partial charge in [0.25, 0.3) is 0 Å². The summed E-state index contributed by atoms with van der Waals surface area (Å²) in [6.07, 6.45) is -1.18. The number of ether oxygens (including phenoxy) is 1. The van der Waals surface area contributed by atoms with Gasteiger partial charge in [0, 0.05) is 5.46 Å². The second kappa shape index (κ2) is 5.53. The second-order valence-corrected chi connectivity index (χ2v) is 6.03. The lowest BCUT2D eigenvalue weighted by Gasteiger charge is -2.17. The van der Waals surface area contributed by atoms with E-state index in [1.165, 1.54) is 17.0 Å². The van der Waals surface area contributed by atoms with E-state index in [9.17, 15) is 9.18 Å². The molecule has 0 saturated carbocycles. The quantitative estimate of drug-likeness (QED) is 0.831. The highest BCUT2D eigenvalue weighted by atomic mass is 19.1. The van der Waals surface area contributed by atoms with Crippen molar-refractivity contribution in [3.05, 3.63) is 24.0 Å².